The highest BCUT2D eigenvalue weighted by Gasteiger charge is 2.27. The van der Waals surface area contributed by atoms with Crippen LogP contribution in [-0.2, 0) is 22.6 Å². The summed E-state index contributed by atoms with van der Waals surface area (Å²) in [5.41, 5.74) is 4.12. The second kappa shape index (κ2) is 13.2. The van der Waals surface area contributed by atoms with Crippen molar-refractivity contribution in [1.29, 1.82) is 0 Å². The summed E-state index contributed by atoms with van der Waals surface area (Å²) < 4.78 is 5.90. The Bertz CT molecular complexity index is 1270. The largest absolute Gasteiger partial charge is 0.489 e. The van der Waals surface area contributed by atoms with Crippen LogP contribution in [0.4, 0.5) is 0 Å². The minimum Gasteiger partial charge on any atom is -0.489 e. The van der Waals surface area contributed by atoms with Gasteiger partial charge in [0.15, 0.2) is 0 Å². The lowest BCUT2D eigenvalue weighted by atomic mass is 9.87. The van der Waals surface area contributed by atoms with Crippen LogP contribution in [0.1, 0.15) is 41.0 Å². The Hall–Kier alpha value is -4.38. The number of hydrogen-bond donors (Lipinski definition) is 1. The van der Waals surface area contributed by atoms with Gasteiger partial charge in [-0.3, -0.25) is 4.79 Å². The van der Waals surface area contributed by atoms with Gasteiger partial charge in [0.2, 0.25) is 5.91 Å². The van der Waals surface area contributed by atoms with Crippen molar-refractivity contribution in [3.63, 3.8) is 0 Å². The molecule has 4 rings (SSSR count). The van der Waals surface area contributed by atoms with Crippen LogP contribution < -0.4 is 4.74 Å². The molecule has 5 heteroatoms. The first-order chi connectivity index (χ1) is 18.5. The van der Waals surface area contributed by atoms with Gasteiger partial charge in [0.25, 0.3) is 0 Å². The Morgan fingerprint density at radius 3 is 1.89 bits per heavy atom. The first-order valence-corrected chi connectivity index (χ1v) is 12.9. The van der Waals surface area contributed by atoms with Crippen molar-refractivity contribution in [2.45, 2.75) is 37.8 Å². The summed E-state index contributed by atoms with van der Waals surface area (Å²) in [6.45, 7) is 0.426. The van der Waals surface area contributed by atoms with Gasteiger partial charge < -0.3 is 14.7 Å². The maximum atomic E-state index is 13.2. The van der Waals surface area contributed by atoms with Crippen molar-refractivity contribution in [2.75, 3.05) is 7.05 Å². The van der Waals surface area contributed by atoms with E-state index in [2.05, 4.69) is 24.3 Å². The number of aliphatic carboxylic acids is 1. The Labute approximate surface area is 224 Å². The normalized spacial score (nSPS) is 11.6. The highest BCUT2D eigenvalue weighted by molar-refractivity contribution is 5.83. The van der Waals surface area contributed by atoms with E-state index in [9.17, 15) is 14.7 Å². The van der Waals surface area contributed by atoms with Gasteiger partial charge in [0.05, 0.1) is 0 Å². The molecule has 194 valence electrons. The zero-order valence-electron chi connectivity index (χ0n) is 21.6. The van der Waals surface area contributed by atoms with E-state index in [1.807, 2.05) is 91.0 Å². The second-order valence-corrected chi connectivity index (χ2v) is 9.40. The van der Waals surface area contributed by atoms with Crippen LogP contribution in [0.15, 0.2) is 115 Å². The Kier molecular flexibility index (Phi) is 9.30. The van der Waals surface area contributed by atoms with Crippen molar-refractivity contribution in [3.8, 4) is 5.75 Å². The van der Waals surface area contributed by atoms with Crippen LogP contribution >= 0.6 is 0 Å². The lowest BCUT2D eigenvalue weighted by Crippen LogP contribution is -2.43. The van der Waals surface area contributed by atoms with Gasteiger partial charge in [0, 0.05) is 25.8 Å². The third kappa shape index (κ3) is 7.32. The van der Waals surface area contributed by atoms with E-state index in [0.717, 1.165) is 22.3 Å². The van der Waals surface area contributed by atoms with Crippen LogP contribution in [0.25, 0.3) is 0 Å². The zero-order chi connectivity index (χ0) is 26.7. The van der Waals surface area contributed by atoms with Gasteiger partial charge >= 0.3 is 5.97 Å². The molecule has 5 nitrogen and oxygen atoms in total. The maximum Gasteiger partial charge on any atom is 0.326 e. The number of carboxylic acids is 1. The summed E-state index contributed by atoms with van der Waals surface area (Å²) in [4.78, 5) is 26.8. The molecule has 0 aliphatic rings. The molecule has 0 radical (unpaired) electrons. The SMILES string of the molecule is CN(C(=O)CCC(c1ccccc1)c1ccccc1)C(Cc1cccc(OCc2ccccc2)c1)C(=O)O. The van der Waals surface area contributed by atoms with Gasteiger partial charge in [-0.1, -0.05) is 103 Å². The van der Waals surface area contributed by atoms with E-state index < -0.39 is 12.0 Å². The van der Waals surface area contributed by atoms with E-state index in [0.29, 0.717) is 18.8 Å². The number of carbonyl (C=O) groups is 2. The van der Waals surface area contributed by atoms with Crippen molar-refractivity contribution < 1.29 is 19.4 Å². The summed E-state index contributed by atoms with van der Waals surface area (Å²) in [6.07, 6.45) is 1.03. The Morgan fingerprint density at radius 2 is 1.32 bits per heavy atom. The topological polar surface area (TPSA) is 66.8 Å². The van der Waals surface area contributed by atoms with E-state index in [1.165, 1.54) is 4.90 Å². The van der Waals surface area contributed by atoms with E-state index in [4.69, 9.17) is 4.74 Å². The predicted molar refractivity (Wildman–Crippen MR) is 149 cm³/mol. The third-order valence-corrected chi connectivity index (χ3v) is 6.77. The molecule has 0 aromatic heterocycles. The summed E-state index contributed by atoms with van der Waals surface area (Å²) >= 11 is 0. The van der Waals surface area contributed by atoms with Crippen molar-refractivity contribution in [2.24, 2.45) is 0 Å². The molecule has 4 aromatic carbocycles. The molecule has 0 bridgehead atoms. The Balaban J connectivity index is 1.41. The van der Waals surface area contributed by atoms with Gasteiger partial charge in [0.1, 0.15) is 18.4 Å². The number of nitrogens with zero attached hydrogens (tertiary/aromatic N) is 1. The van der Waals surface area contributed by atoms with Gasteiger partial charge in [-0.15, -0.1) is 0 Å². The summed E-state index contributed by atoms with van der Waals surface area (Å²) in [5, 5.41) is 9.98. The maximum absolute atomic E-state index is 13.2. The van der Waals surface area contributed by atoms with Crippen LogP contribution in [0.2, 0.25) is 0 Å². The average Bonchev–Trinajstić information content (AvgIpc) is 2.96. The highest BCUT2D eigenvalue weighted by atomic mass is 16.5. The molecule has 0 aliphatic heterocycles. The first-order valence-electron chi connectivity index (χ1n) is 12.9. The molecule has 1 unspecified atom stereocenters. The van der Waals surface area contributed by atoms with Crippen LogP contribution in [0.5, 0.6) is 5.75 Å². The molecular weight excluding hydrogens is 474 g/mol. The summed E-state index contributed by atoms with van der Waals surface area (Å²) in [6, 6.07) is 36.5. The predicted octanol–water partition coefficient (Wildman–Crippen LogP) is 6.33. The monoisotopic (exact) mass is 507 g/mol. The van der Waals surface area contributed by atoms with Gasteiger partial charge in [-0.05, 0) is 40.8 Å². The first kappa shape index (κ1) is 26.7. The average molecular weight is 508 g/mol. The lowest BCUT2D eigenvalue weighted by Gasteiger charge is -2.26. The fourth-order valence-corrected chi connectivity index (χ4v) is 4.63. The van der Waals surface area contributed by atoms with Crippen molar-refractivity contribution in [1.82, 2.24) is 4.90 Å². The van der Waals surface area contributed by atoms with Crippen molar-refractivity contribution in [3.05, 3.63) is 138 Å². The highest BCUT2D eigenvalue weighted by Crippen LogP contribution is 2.29. The minimum absolute atomic E-state index is 0.0523. The number of carbonyl (C=O) groups excluding carboxylic acids is 1. The van der Waals surface area contributed by atoms with Gasteiger partial charge in [-0.2, -0.15) is 0 Å². The van der Waals surface area contributed by atoms with E-state index >= 15 is 0 Å². The molecule has 38 heavy (non-hydrogen) atoms. The number of carboxylic acid groups (broad SMARTS) is 1. The summed E-state index contributed by atoms with van der Waals surface area (Å²) in [7, 11) is 1.58. The number of ether oxygens (including phenoxy) is 1. The number of hydrogen-bond acceptors (Lipinski definition) is 3. The minimum atomic E-state index is -1.03. The molecule has 1 N–H and O–H groups in total. The fourth-order valence-electron chi connectivity index (χ4n) is 4.63. The lowest BCUT2D eigenvalue weighted by molar-refractivity contribution is -0.149. The fraction of sp³-hybridized carbons (Fsp3) is 0.212. The molecule has 0 aliphatic carbocycles. The van der Waals surface area contributed by atoms with Crippen LogP contribution in [-0.4, -0.2) is 35.0 Å². The zero-order valence-corrected chi connectivity index (χ0v) is 21.6. The molecule has 1 atom stereocenters. The van der Waals surface area contributed by atoms with Gasteiger partial charge in [-0.25, -0.2) is 4.79 Å². The standard InChI is InChI=1S/C33H33NO4/c1-34(32(35)21-20-30(27-15-7-3-8-16-27)28-17-9-4-10-18-28)31(33(36)37)23-26-14-11-19-29(22-26)38-24-25-12-5-2-6-13-25/h2-19,22,30-31H,20-21,23-24H2,1H3,(H,36,37). The number of likely N-dealkylation sites (N-methyl/N-ethyl adjacent to an activating group) is 1. The molecule has 4 aromatic rings. The van der Waals surface area contributed by atoms with Crippen molar-refractivity contribution >= 4 is 11.9 Å². The van der Waals surface area contributed by atoms with Crippen LogP contribution in [0.3, 0.4) is 0 Å². The molecule has 1 amide bonds. The molecular formula is C33H33NO4. The summed E-state index contributed by atoms with van der Waals surface area (Å²) in [5.74, 6) is -0.501. The molecule has 0 saturated carbocycles. The molecule has 0 heterocycles. The van der Waals surface area contributed by atoms with E-state index in [1.54, 1.807) is 7.05 Å². The number of amides is 1. The smallest absolute Gasteiger partial charge is 0.326 e. The third-order valence-electron chi connectivity index (χ3n) is 6.77. The second-order valence-electron chi connectivity index (χ2n) is 9.40. The molecule has 0 spiro atoms. The Morgan fingerprint density at radius 1 is 0.763 bits per heavy atom. The molecule has 0 fully saturated rings. The van der Waals surface area contributed by atoms with Crippen LogP contribution in [0, 0.1) is 0 Å². The quantitative estimate of drug-likeness (QED) is 0.243. The van der Waals surface area contributed by atoms with E-state index in [-0.39, 0.29) is 24.7 Å². The number of rotatable bonds is 12. The number of benzene rings is 4. The molecule has 0 saturated heterocycles.